The summed E-state index contributed by atoms with van der Waals surface area (Å²) in [6.07, 6.45) is 35.5. The van der Waals surface area contributed by atoms with Crippen LogP contribution in [-0.4, -0.2) is 41.9 Å². The smallest absolute Gasteiger partial charge is 0.267 e. The van der Waals surface area contributed by atoms with E-state index >= 15 is 0 Å². The molecule has 0 radical (unpaired) electrons. The van der Waals surface area contributed by atoms with Gasteiger partial charge in [0.15, 0.2) is 0 Å². The van der Waals surface area contributed by atoms with Gasteiger partial charge in [0.1, 0.15) is 0 Å². The molecular weight excluding hydrogens is 534 g/mol. The number of allylic oxidation sites excluding steroid dienone is 5. The minimum atomic E-state index is -4.35. The Morgan fingerprint density at radius 3 is 1.54 bits per heavy atom. The highest BCUT2D eigenvalue weighted by Crippen LogP contribution is 2.13. The maximum Gasteiger partial charge on any atom is 0.267 e. The normalized spacial score (nSPS) is 14.0. The number of aliphatic hydroxyl groups is 1. The predicted octanol–water partition coefficient (Wildman–Crippen LogP) is 9.01. The standard InChI is InChI=1S/C34H63NO5S/c1-3-5-7-9-11-13-15-17-19-21-23-25-27-29-33(36)32(31-41(38,39)40)35-34(37)30-28-26-24-22-20-18-16-14-12-10-8-6-4-2/h11,13,19,21,27,29,32-33,36H,3-10,12,14-18,20,22-26,28,30-31H2,1-2H3,(H,35,37)(H,38,39,40)/b13-11+,21-19+,29-27+. The van der Waals surface area contributed by atoms with Crippen molar-refractivity contribution in [3.63, 3.8) is 0 Å². The lowest BCUT2D eigenvalue weighted by Gasteiger charge is -2.21. The third kappa shape index (κ3) is 29.8. The van der Waals surface area contributed by atoms with Crippen LogP contribution in [0.25, 0.3) is 0 Å². The zero-order valence-corrected chi connectivity index (χ0v) is 27.2. The molecule has 7 heteroatoms. The number of hydrogen-bond donors (Lipinski definition) is 3. The number of hydrogen-bond acceptors (Lipinski definition) is 4. The average Bonchev–Trinajstić information content (AvgIpc) is 2.92. The van der Waals surface area contributed by atoms with E-state index in [2.05, 4.69) is 43.5 Å². The van der Waals surface area contributed by atoms with Crippen LogP contribution >= 0.6 is 0 Å². The highest BCUT2D eigenvalue weighted by Gasteiger charge is 2.24. The molecule has 0 aliphatic rings. The molecule has 2 atom stereocenters. The van der Waals surface area contributed by atoms with E-state index in [1.807, 2.05) is 0 Å². The second-order valence-electron chi connectivity index (χ2n) is 11.4. The number of carbonyl (C=O) groups excluding carboxylic acids is 1. The largest absolute Gasteiger partial charge is 0.387 e. The van der Waals surface area contributed by atoms with Gasteiger partial charge in [0.05, 0.1) is 17.9 Å². The molecule has 0 aliphatic carbocycles. The van der Waals surface area contributed by atoms with Crippen molar-refractivity contribution in [1.29, 1.82) is 0 Å². The zero-order valence-electron chi connectivity index (χ0n) is 26.4. The van der Waals surface area contributed by atoms with E-state index in [4.69, 9.17) is 0 Å². The quantitative estimate of drug-likeness (QED) is 0.0453. The molecule has 0 fully saturated rings. The Balaban J connectivity index is 4.12. The molecule has 41 heavy (non-hydrogen) atoms. The molecule has 0 heterocycles. The molecular formula is C34H63NO5S. The summed E-state index contributed by atoms with van der Waals surface area (Å²) in [5.74, 6) is -1.01. The van der Waals surface area contributed by atoms with Gasteiger partial charge in [0.2, 0.25) is 5.91 Å². The molecule has 0 saturated heterocycles. The number of aliphatic hydroxyl groups excluding tert-OH is 1. The SMILES string of the molecule is CCCCC/C=C/CC/C=C/CC/C=C/C(O)C(CS(=O)(=O)O)NC(=O)CCCCCCCCCCCCCCC. The van der Waals surface area contributed by atoms with Crippen molar-refractivity contribution < 1.29 is 22.9 Å². The Bertz CT molecular complexity index is 791. The van der Waals surface area contributed by atoms with Gasteiger partial charge >= 0.3 is 0 Å². The van der Waals surface area contributed by atoms with Gasteiger partial charge in [-0.15, -0.1) is 0 Å². The predicted molar refractivity (Wildman–Crippen MR) is 175 cm³/mol. The van der Waals surface area contributed by atoms with Crippen molar-refractivity contribution in [3.8, 4) is 0 Å². The monoisotopic (exact) mass is 597 g/mol. The van der Waals surface area contributed by atoms with E-state index in [9.17, 15) is 22.9 Å². The molecule has 240 valence electrons. The minimum Gasteiger partial charge on any atom is -0.387 e. The maximum atomic E-state index is 12.4. The van der Waals surface area contributed by atoms with Gasteiger partial charge in [-0.1, -0.05) is 140 Å². The van der Waals surface area contributed by atoms with Crippen LogP contribution in [0.4, 0.5) is 0 Å². The van der Waals surface area contributed by atoms with Crippen molar-refractivity contribution in [2.75, 3.05) is 5.75 Å². The first-order chi connectivity index (χ1) is 19.8. The molecule has 0 spiro atoms. The zero-order chi connectivity index (χ0) is 30.4. The van der Waals surface area contributed by atoms with Gasteiger partial charge < -0.3 is 10.4 Å². The highest BCUT2D eigenvalue weighted by atomic mass is 32.2. The molecule has 3 N–H and O–H groups in total. The molecule has 2 unspecified atom stereocenters. The van der Waals surface area contributed by atoms with Crippen LogP contribution in [0.1, 0.15) is 155 Å². The second kappa shape index (κ2) is 28.7. The molecule has 1 amide bonds. The summed E-state index contributed by atoms with van der Waals surface area (Å²) >= 11 is 0. The molecule has 0 aromatic carbocycles. The van der Waals surface area contributed by atoms with Crippen LogP contribution < -0.4 is 5.32 Å². The summed E-state index contributed by atoms with van der Waals surface area (Å²) in [4.78, 5) is 12.4. The molecule has 6 nitrogen and oxygen atoms in total. The minimum absolute atomic E-state index is 0.287. The van der Waals surface area contributed by atoms with Crippen LogP contribution in [0.15, 0.2) is 36.5 Å². The lowest BCUT2D eigenvalue weighted by atomic mass is 10.0. The Hall–Kier alpha value is -1.44. The Kier molecular flexibility index (Phi) is 27.7. The van der Waals surface area contributed by atoms with E-state index in [1.165, 1.54) is 89.5 Å². The second-order valence-corrected chi connectivity index (χ2v) is 12.9. The molecule has 0 aromatic heterocycles. The first kappa shape index (κ1) is 39.6. The van der Waals surface area contributed by atoms with E-state index < -0.39 is 28.0 Å². The topological polar surface area (TPSA) is 104 Å². The average molecular weight is 598 g/mol. The van der Waals surface area contributed by atoms with Crippen LogP contribution in [-0.2, 0) is 14.9 Å². The fraction of sp³-hybridized carbons (Fsp3) is 0.794. The number of carbonyl (C=O) groups is 1. The van der Waals surface area contributed by atoms with Gasteiger partial charge in [-0.2, -0.15) is 8.42 Å². The Morgan fingerprint density at radius 2 is 1.05 bits per heavy atom. The van der Waals surface area contributed by atoms with Crippen molar-refractivity contribution >= 4 is 16.0 Å². The van der Waals surface area contributed by atoms with E-state index in [0.717, 1.165) is 44.9 Å². The van der Waals surface area contributed by atoms with Crippen molar-refractivity contribution in [3.05, 3.63) is 36.5 Å². The Labute approximate surface area is 253 Å². The van der Waals surface area contributed by atoms with Crippen molar-refractivity contribution in [2.24, 2.45) is 0 Å². The van der Waals surface area contributed by atoms with Crippen LogP contribution in [0.2, 0.25) is 0 Å². The van der Waals surface area contributed by atoms with E-state index in [0.29, 0.717) is 6.42 Å². The van der Waals surface area contributed by atoms with Gasteiger partial charge in [0, 0.05) is 6.42 Å². The van der Waals surface area contributed by atoms with Crippen LogP contribution in [0, 0.1) is 0 Å². The van der Waals surface area contributed by atoms with Crippen LogP contribution in [0.3, 0.4) is 0 Å². The first-order valence-corrected chi connectivity index (χ1v) is 18.3. The molecule has 0 bridgehead atoms. The molecule has 0 aromatic rings. The summed E-state index contributed by atoms with van der Waals surface area (Å²) in [6.45, 7) is 4.45. The van der Waals surface area contributed by atoms with Crippen molar-refractivity contribution in [1.82, 2.24) is 5.32 Å². The highest BCUT2D eigenvalue weighted by molar-refractivity contribution is 7.85. The van der Waals surface area contributed by atoms with Crippen molar-refractivity contribution in [2.45, 2.75) is 167 Å². The summed E-state index contributed by atoms with van der Waals surface area (Å²) in [5.41, 5.74) is 0. The maximum absolute atomic E-state index is 12.4. The summed E-state index contributed by atoms with van der Waals surface area (Å²) in [5, 5.41) is 13.1. The third-order valence-corrected chi connectivity index (χ3v) is 8.08. The van der Waals surface area contributed by atoms with Gasteiger partial charge in [-0.3, -0.25) is 9.35 Å². The van der Waals surface area contributed by atoms with Gasteiger partial charge in [0.25, 0.3) is 10.1 Å². The fourth-order valence-electron chi connectivity index (χ4n) is 4.77. The first-order valence-electron chi connectivity index (χ1n) is 16.7. The molecule has 0 saturated carbocycles. The van der Waals surface area contributed by atoms with E-state index in [1.54, 1.807) is 6.08 Å². The molecule has 0 rings (SSSR count). The summed E-state index contributed by atoms with van der Waals surface area (Å²) in [7, 11) is -4.35. The lowest BCUT2D eigenvalue weighted by molar-refractivity contribution is -0.122. The number of unbranched alkanes of at least 4 members (excludes halogenated alkanes) is 17. The lowest BCUT2D eigenvalue weighted by Crippen LogP contribution is -2.46. The molecule has 0 aliphatic heterocycles. The fourth-order valence-corrected chi connectivity index (χ4v) is 5.51. The van der Waals surface area contributed by atoms with Gasteiger partial charge in [-0.05, 0) is 44.9 Å². The number of rotatable bonds is 29. The van der Waals surface area contributed by atoms with Gasteiger partial charge in [-0.25, -0.2) is 0 Å². The summed E-state index contributed by atoms with van der Waals surface area (Å²) < 4.78 is 32.2. The number of amides is 1. The van der Waals surface area contributed by atoms with Crippen LogP contribution in [0.5, 0.6) is 0 Å². The summed E-state index contributed by atoms with van der Waals surface area (Å²) in [6, 6.07) is -1.07. The Morgan fingerprint density at radius 1 is 0.634 bits per heavy atom. The number of nitrogens with one attached hydrogen (secondary N) is 1. The van der Waals surface area contributed by atoms with E-state index in [-0.39, 0.29) is 12.3 Å². The third-order valence-electron chi connectivity index (χ3n) is 7.30.